The van der Waals surface area contributed by atoms with Gasteiger partial charge in [-0.3, -0.25) is 14.4 Å². The Morgan fingerprint density at radius 2 is 1.79 bits per heavy atom. The molecule has 28 heavy (non-hydrogen) atoms. The van der Waals surface area contributed by atoms with Crippen LogP contribution in [0.3, 0.4) is 0 Å². The van der Waals surface area contributed by atoms with Gasteiger partial charge < -0.3 is 14.6 Å². The molecular weight excluding hydrogens is 428 g/mol. The molecule has 1 fully saturated rings. The van der Waals surface area contributed by atoms with Crippen molar-refractivity contribution in [2.45, 2.75) is 45.6 Å². The largest absolute Gasteiger partial charge is 0.466 e. The van der Waals surface area contributed by atoms with E-state index in [1.54, 1.807) is 19.9 Å². The van der Waals surface area contributed by atoms with Crippen LogP contribution in [-0.2, 0) is 23.9 Å². The molecule has 1 aliphatic carbocycles. The minimum absolute atomic E-state index is 0.0170. The van der Waals surface area contributed by atoms with Crippen molar-refractivity contribution < 1.29 is 29.0 Å². The van der Waals surface area contributed by atoms with E-state index >= 15 is 0 Å². The highest BCUT2D eigenvalue weighted by Crippen LogP contribution is 2.51. The van der Waals surface area contributed by atoms with Gasteiger partial charge in [-0.05, 0) is 51.8 Å². The Labute approximate surface area is 173 Å². The Kier molecular flexibility index (Phi) is 7.39. The highest BCUT2D eigenvalue weighted by atomic mass is 79.9. The number of benzene rings is 1. The summed E-state index contributed by atoms with van der Waals surface area (Å²) >= 11 is 3.42. The molecule has 0 heterocycles. The van der Waals surface area contributed by atoms with Crippen LogP contribution in [0.15, 0.2) is 28.7 Å². The number of esters is 2. The number of aliphatic hydroxyl groups is 1. The van der Waals surface area contributed by atoms with Crippen LogP contribution in [0.25, 0.3) is 0 Å². The Hall–Kier alpha value is -1.73. The topological polar surface area (TPSA) is 89.9 Å². The molecule has 0 saturated heterocycles. The zero-order valence-electron chi connectivity index (χ0n) is 16.6. The Morgan fingerprint density at radius 1 is 1.18 bits per heavy atom. The van der Waals surface area contributed by atoms with Crippen molar-refractivity contribution in [3.63, 3.8) is 0 Å². The van der Waals surface area contributed by atoms with E-state index in [9.17, 15) is 19.5 Å². The predicted octanol–water partition coefficient (Wildman–Crippen LogP) is 3.25. The standard InChI is InChI=1S/C21H27BrO6/c1-5-27-19(24)15-11-21(4,26)18(12(3)23)17(20(25)28-6-2)16(15)13-8-7-9-14(22)10-13/h7-10,15-18,26H,5-6,11H2,1-4H3/t15-,16+,17+,18+,21-/m0/s1. The van der Waals surface area contributed by atoms with Gasteiger partial charge in [-0.25, -0.2) is 0 Å². The maximum Gasteiger partial charge on any atom is 0.310 e. The van der Waals surface area contributed by atoms with Crippen LogP contribution in [-0.4, -0.2) is 41.6 Å². The number of hydrogen-bond donors (Lipinski definition) is 1. The lowest BCUT2D eigenvalue weighted by Gasteiger charge is -2.47. The highest BCUT2D eigenvalue weighted by Gasteiger charge is 2.57. The molecule has 1 saturated carbocycles. The van der Waals surface area contributed by atoms with Crippen molar-refractivity contribution in [1.29, 1.82) is 0 Å². The number of hydrogen-bond acceptors (Lipinski definition) is 6. The summed E-state index contributed by atoms with van der Waals surface area (Å²) in [7, 11) is 0. The average molecular weight is 455 g/mol. The maximum atomic E-state index is 12.9. The Morgan fingerprint density at radius 3 is 2.32 bits per heavy atom. The van der Waals surface area contributed by atoms with Gasteiger partial charge in [0.2, 0.25) is 0 Å². The molecular formula is C21H27BrO6. The van der Waals surface area contributed by atoms with Gasteiger partial charge in [-0.1, -0.05) is 28.1 Å². The molecule has 0 aromatic heterocycles. The van der Waals surface area contributed by atoms with Crippen LogP contribution in [0.1, 0.15) is 45.6 Å². The van der Waals surface area contributed by atoms with E-state index in [1.165, 1.54) is 13.8 Å². The summed E-state index contributed by atoms with van der Waals surface area (Å²) in [6, 6.07) is 7.27. The third-order valence-corrected chi connectivity index (χ3v) is 5.80. The van der Waals surface area contributed by atoms with Crippen LogP contribution in [0.2, 0.25) is 0 Å². The van der Waals surface area contributed by atoms with Crippen LogP contribution in [0.4, 0.5) is 0 Å². The molecule has 0 unspecified atom stereocenters. The first-order valence-electron chi connectivity index (χ1n) is 9.45. The van der Waals surface area contributed by atoms with Crippen molar-refractivity contribution >= 4 is 33.7 Å². The second-order valence-corrected chi connectivity index (χ2v) is 8.28. The monoisotopic (exact) mass is 454 g/mol. The van der Waals surface area contributed by atoms with Crippen molar-refractivity contribution in [2.75, 3.05) is 13.2 Å². The summed E-state index contributed by atoms with van der Waals surface area (Å²) in [5.74, 6) is -4.82. The smallest absolute Gasteiger partial charge is 0.310 e. The highest BCUT2D eigenvalue weighted by molar-refractivity contribution is 9.10. The third-order valence-electron chi connectivity index (χ3n) is 5.30. The second kappa shape index (κ2) is 9.18. The molecule has 0 bridgehead atoms. The molecule has 6 nitrogen and oxygen atoms in total. The van der Waals surface area contributed by atoms with Gasteiger partial charge >= 0.3 is 11.9 Å². The van der Waals surface area contributed by atoms with Gasteiger partial charge in [-0.15, -0.1) is 0 Å². The van der Waals surface area contributed by atoms with Gasteiger partial charge in [-0.2, -0.15) is 0 Å². The number of rotatable bonds is 6. The first-order valence-corrected chi connectivity index (χ1v) is 10.2. The summed E-state index contributed by atoms with van der Waals surface area (Å²) < 4.78 is 11.3. The van der Waals surface area contributed by atoms with Gasteiger partial charge in [0.25, 0.3) is 0 Å². The fourth-order valence-corrected chi connectivity index (χ4v) is 4.81. The summed E-state index contributed by atoms with van der Waals surface area (Å²) in [6.45, 7) is 6.55. The summed E-state index contributed by atoms with van der Waals surface area (Å²) in [6.07, 6.45) is 0.0170. The van der Waals surface area contributed by atoms with Crippen LogP contribution in [0, 0.1) is 17.8 Å². The van der Waals surface area contributed by atoms with E-state index in [2.05, 4.69) is 15.9 Å². The SMILES string of the molecule is CCOC(=O)[C@@H]1[C@H](c2cccc(Br)c2)[C@@H](C(=O)OCC)C[C@](C)(O)[C@@H]1C(C)=O. The maximum absolute atomic E-state index is 12.9. The Bertz CT molecular complexity index is 744. The van der Waals surface area contributed by atoms with Crippen molar-refractivity contribution in [3.8, 4) is 0 Å². The lowest BCUT2D eigenvalue weighted by atomic mass is 9.57. The van der Waals surface area contributed by atoms with Crippen molar-refractivity contribution in [2.24, 2.45) is 17.8 Å². The summed E-state index contributed by atoms with van der Waals surface area (Å²) in [4.78, 5) is 38.2. The van der Waals surface area contributed by atoms with Crippen LogP contribution < -0.4 is 0 Å². The van der Waals surface area contributed by atoms with Gasteiger partial charge in [0.1, 0.15) is 5.78 Å². The second-order valence-electron chi connectivity index (χ2n) is 7.37. The number of halogens is 1. The lowest BCUT2D eigenvalue weighted by molar-refractivity contribution is -0.176. The van der Waals surface area contributed by atoms with Gasteiger partial charge in [0.05, 0.1) is 36.6 Å². The molecule has 1 aliphatic rings. The number of Topliss-reactive ketones (excluding diaryl/α,β-unsaturated/α-hetero) is 1. The van der Waals surface area contributed by atoms with Crippen LogP contribution in [0.5, 0.6) is 0 Å². The van der Waals surface area contributed by atoms with Crippen molar-refractivity contribution in [3.05, 3.63) is 34.3 Å². The van der Waals surface area contributed by atoms with E-state index in [0.717, 1.165) is 4.47 Å². The third kappa shape index (κ3) is 4.63. The molecule has 1 N–H and O–H groups in total. The summed E-state index contributed by atoms with van der Waals surface area (Å²) in [5, 5.41) is 11.1. The van der Waals surface area contributed by atoms with E-state index in [-0.39, 0.29) is 25.4 Å². The molecule has 1 aromatic rings. The van der Waals surface area contributed by atoms with E-state index in [4.69, 9.17) is 9.47 Å². The first-order chi connectivity index (χ1) is 13.1. The molecule has 0 aliphatic heterocycles. The number of carbonyl (C=O) groups is 3. The first kappa shape index (κ1) is 22.6. The average Bonchev–Trinajstić information content (AvgIpc) is 2.60. The lowest BCUT2D eigenvalue weighted by Crippen LogP contribution is -2.56. The van der Waals surface area contributed by atoms with Crippen molar-refractivity contribution in [1.82, 2.24) is 0 Å². The number of ether oxygens (including phenoxy) is 2. The zero-order valence-corrected chi connectivity index (χ0v) is 18.2. The molecule has 0 spiro atoms. The normalized spacial score (nSPS) is 29.8. The van der Waals surface area contributed by atoms with Crippen LogP contribution >= 0.6 is 15.9 Å². The van der Waals surface area contributed by atoms with Gasteiger partial charge in [0, 0.05) is 10.4 Å². The number of ketones is 1. The zero-order chi connectivity index (χ0) is 21.1. The minimum atomic E-state index is -1.54. The molecule has 154 valence electrons. The molecule has 7 heteroatoms. The van der Waals surface area contributed by atoms with E-state index in [1.807, 2.05) is 18.2 Å². The molecule has 0 radical (unpaired) electrons. The molecule has 5 atom stereocenters. The Balaban J connectivity index is 2.68. The fourth-order valence-electron chi connectivity index (χ4n) is 4.39. The summed E-state index contributed by atoms with van der Waals surface area (Å²) in [5.41, 5.74) is -0.823. The van der Waals surface area contributed by atoms with Gasteiger partial charge in [0.15, 0.2) is 0 Å². The number of carbonyl (C=O) groups excluding carboxylic acids is 3. The quantitative estimate of drug-likeness (QED) is 0.663. The molecule has 1 aromatic carbocycles. The predicted molar refractivity (Wildman–Crippen MR) is 107 cm³/mol. The van der Waals surface area contributed by atoms with E-state index in [0.29, 0.717) is 5.56 Å². The van der Waals surface area contributed by atoms with E-state index < -0.39 is 41.2 Å². The fraction of sp³-hybridized carbons (Fsp3) is 0.571. The minimum Gasteiger partial charge on any atom is -0.466 e. The molecule has 2 rings (SSSR count). The molecule has 0 amide bonds.